The summed E-state index contributed by atoms with van der Waals surface area (Å²) in [7, 11) is 3.28. The van der Waals surface area contributed by atoms with E-state index < -0.39 is 0 Å². The summed E-state index contributed by atoms with van der Waals surface area (Å²) in [6, 6.07) is 3.93. The predicted molar refractivity (Wildman–Crippen MR) is 65.3 cm³/mol. The molecule has 2 aromatic rings. The lowest BCUT2D eigenvalue weighted by Gasteiger charge is -2.07. The second-order valence-electron chi connectivity index (χ2n) is 3.56. The van der Waals surface area contributed by atoms with Gasteiger partial charge in [0.1, 0.15) is 0 Å². The third kappa shape index (κ3) is 1.65. The van der Waals surface area contributed by atoms with Crippen LogP contribution in [-0.2, 0) is 6.42 Å². The van der Waals surface area contributed by atoms with Crippen LogP contribution in [0, 0.1) is 0 Å². The maximum atomic E-state index is 5.28. The van der Waals surface area contributed by atoms with E-state index >= 15 is 0 Å². The Morgan fingerprint density at radius 1 is 1.25 bits per heavy atom. The largest absolute Gasteiger partial charge is 0.493 e. The second kappa shape index (κ2) is 4.31. The van der Waals surface area contributed by atoms with Crippen molar-refractivity contribution in [1.82, 2.24) is 4.98 Å². The number of ether oxygens (including phenoxy) is 2. The summed E-state index contributed by atoms with van der Waals surface area (Å²) in [5.74, 6) is 1.49. The van der Waals surface area contributed by atoms with Gasteiger partial charge in [-0.1, -0.05) is 6.08 Å². The molecule has 1 N–H and O–H groups in total. The monoisotopic (exact) mass is 217 g/mol. The number of hydrogen-bond donors (Lipinski definition) is 1. The molecule has 0 spiro atoms. The van der Waals surface area contributed by atoms with Crippen LogP contribution in [0.2, 0.25) is 0 Å². The van der Waals surface area contributed by atoms with Gasteiger partial charge >= 0.3 is 0 Å². The molecule has 0 amide bonds. The van der Waals surface area contributed by atoms with E-state index in [-0.39, 0.29) is 0 Å². The van der Waals surface area contributed by atoms with Crippen LogP contribution in [0.3, 0.4) is 0 Å². The minimum atomic E-state index is 0.738. The standard InChI is InChI=1S/C13H15NO2/c1-4-5-9-8-14-11-7-13(16-3)12(15-2)6-10(9)11/h4,6-8,14H,1,5H2,2-3H3. The number of methoxy groups -OCH3 is 2. The quantitative estimate of drug-likeness (QED) is 0.799. The van der Waals surface area contributed by atoms with Crippen LogP contribution in [0.4, 0.5) is 0 Å². The summed E-state index contributed by atoms with van der Waals surface area (Å²) in [6.07, 6.45) is 4.72. The molecule has 0 aliphatic rings. The molecule has 0 atom stereocenters. The van der Waals surface area contributed by atoms with Crippen molar-refractivity contribution >= 4 is 10.9 Å². The van der Waals surface area contributed by atoms with Crippen molar-refractivity contribution in [2.24, 2.45) is 0 Å². The fourth-order valence-corrected chi connectivity index (χ4v) is 1.83. The minimum Gasteiger partial charge on any atom is -0.493 e. The Bertz CT molecular complexity index is 514. The number of H-pyrrole nitrogens is 1. The summed E-state index contributed by atoms with van der Waals surface area (Å²) < 4.78 is 10.5. The van der Waals surface area contributed by atoms with Crippen LogP contribution in [0.15, 0.2) is 31.0 Å². The fourth-order valence-electron chi connectivity index (χ4n) is 1.83. The van der Waals surface area contributed by atoms with Gasteiger partial charge in [0.05, 0.1) is 14.2 Å². The van der Waals surface area contributed by atoms with E-state index in [1.807, 2.05) is 24.4 Å². The SMILES string of the molecule is C=CCc1c[nH]c2cc(OC)c(OC)cc12. The highest BCUT2D eigenvalue weighted by Gasteiger charge is 2.09. The number of allylic oxidation sites excluding steroid dienone is 1. The van der Waals surface area contributed by atoms with E-state index in [4.69, 9.17) is 9.47 Å². The summed E-state index contributed by atoms with van der Waals surface area (Å²) in [5, 5.41) is 1.15. The fraction of sp³-hybridized carbons (Fsp3) is 0.231. The summed E-state index contributed by atoms with van der Waals surface area (Å²) >= 11 is 0. The number of aromatic nitrogens is 1. The van der Waals surface area contributed by atoms with Gasteiger partial charge in [-0.25, -0.2) is 0 Å². The van der Waals surface area contributed by atoms with Crippen molar-refractivity contribution < 1.29 is 9.47 Å². The lowest BCUT2D eigenvalue weighted by Crippen LogP contribution is -1.90. The average molecular weight is 217 g/mol. The zero-order valence-corrected chi connectivity index (χ0v) is 9.54. The molecule has 1 aromatic carbocycles. The first-order valence-corrected chi connectivity index (χ1v) is 5.13. The lowest BCUT2D eigenvalue weighted by atomic mass is 10.1. The summed E-state index contributed by atoms with van der Waals surface area (Å²) in [4.78, 5) is 3.22. The Morgan fingerprint density at radius 3 is 2.56 bits per heavy atom. The number of nitrogens with one attached hydrogen (secondary N) is 1. The first-order chi connectivity index (χ1) is 7.80. The molecule has 0 aliphatic heterocycles. The molecule has 0 saturated carbocycles. The van der Waals surface area contributed by atoms with E-state index in [0.29, 0.717) is 0 Å². The number of rotatable bonds is 4. The molecule has 3 heteroatoms. The molecule has 1 heterocycles. The van der Waals surface area contributed by atoms with E-state index in [1.165, 1.54) is 5.56 Å². The summed E-state index contributed by atoms with van der Waals surface area (Å²) in [6.45, 7) is 3.75. The number of hydrogen-bond acceptors (Lipinski definition) is 2. The molecule has 16 heavy (non-hydrogen) atoms. The molecule has 0 radical (unpaired) electrons. The van der Waals surface area contributed by atoms with Crippen molar-refractivity contribution in [2.75, 3.05) is 14.2 Å². The molecule has 0 bridgehead atoms. The van der Waals surface area contributed by atoms with E-state index in [0.717, 1.165) is 28.8 Å². The molecule has 0 saturated heterocycles. The smallest absolute Gasteiger partial charge is 0.162 e. The zero-order chi connectivity index (χ0) is 11.5. The maximum Gasteiger partial charge on any atom is 0.162 e. The van der Waals surface area contributed by atoms with Crippen LogP contribution in [0.25, 0.3) is 10.9 Å². The Hall–Kier alpha value is -1.90. The molecular formula is C13H15NO2. The molecule has 0 aliphatic carbocycles. The molecule has 0 unspecified atom stereocenters. The van der Waals surface area contributed by atoms with Gasteiger partial charge in [0.2, 0.25) is 0 Å². The number of benzene rings is 1. The molecule has 0 fully saturated rings. The van der Waals surface area contributed by atoms with Crippen LogP contribution in [0.1, 0.15) is 5.56 Å². The van der Waals surface area contributed by atoms with Gasteiger partial charge in [0.25, 0.3) is 0 Å². The van der Waals surface area contributed by atoms with Gasteiger partial charge in [-0.2, -0.15) is 0 Å². The first kappa shape index (κ1) is 10.6. The lowest BCUT2D eigenvalue weighted by molar-refractivity contribution is 0.356. The molecule has 1 aromatic heterocycles. The van der Waals surface area contributed by atoms with E-state index in [9.17, 15) is 0 Å². The summed E-state index contributed by atoms with van der Waals surface area (Å²) in [5.41, 5.74) is 2.26. The molecule has 84 valence electrons. The van der Waals surface area contributed by atoms with Gasteiger partial charge < -0.3 is 14.5 Å². The number of fused-ring (bicyclic) bond motifs is 1. The highest BCUT2D eigenvalue weighted by molar-refractivity contribution is 5.86. The zero-order valence-electron chi connectivity index (χ0n) is 9.54. The van der Waals surface area contributed by atoms with Gasteiger partial charge in [-0.15, -0.1) is 6.58 Å². The Morgan fingerprint density at radius 2 is 1.94 bits per heavy atom. The van der Waals surface area contributed by atoms with Crippen molar-refractivity contribution in [3.8, 4) is 11.5 Å². The predicted octanol–water partition coefficient (Wildman–Crippen LogP) is 2.91. The van der Waals surface area contributed by atoms with Gasteiger partial charge in [0, 0.05) is 23.2 Å². The van der Waals surface area contributed by atoms with Crippen molar-refractivity contribution in [2.45, 2.75) is 6.42 Å². The third-order valence-electron chi connectivity index (χ3n) is 2.64. The first-order valence-electron chi connectivity index (χ1n) is 5.13. The van der Waals surface area contributed by atoms with Crippen LogP contribution in [0.5, 0.6) is 11.5 Å². The number of aromatic amines is 1. The molecule has 2 rings (SSSR count). The van der Waals surface area contributed by atoms with Crippen molar-refractivity contribution in [3.63, 3.8) is 0 Å². The Labute approximate surface area is 94.7 Å². The van der Waals surface area contributed by atoms with E-state index in [2.05, 4.69) is 11.6 Å². The van der Waals surface area contributed by atoms with Crippen LogP contribution < -0.4 is 9.47 Å². The Kier molecular flexibility index (Phi) is 2.86. The molecule has 3 nitrogen and oxygen atoms in total. The maximum absolute atomic E-state index is 5.28. The van der Waals surface area contributed by atoms with E-state index in [1.54, 1.807) is 14.2 Å². The van der Waals surface area contributed by atoms with Crippen molar-refractivity contribution in [3.05, 3.63) is 36.5 Å². The third-order valence-corrected chi connectivity index (χ3v) is 2.64. The van der Waals surface area contributed by atoms with Gasteiger partial charge in [-0.05, 0) is 18.1 Å². The van der Waals surface area contributed by atoms with Gasteiger partial charge in [-0.3, -0.25) is 0 Å². The highest BCUT2D eigenvalue weighted by atomic mass is 16.5. The topological polar surface area (TPSA) is 34.2 Å². The van der Waals surface area contributed by atoms with Crippen molar-refractivity contribution in [1.29, 1.82) is 0 Å². The normalized spacial score (nSPS) is 10.4. The molecular weight excluding hydrogens is 202 g/mol. The highest BCUT2D eigenvalue weighted by Crippen LogP contribution is 2.33. The van der Waals surface area contributed by atoms with Crippen LogP contribution >= 0.6 is 0 Å². The Balaban J connectivity index is 2.61. The minimum absolute atomic E-state index is 0.738. The van der Waals surface area contributed by atoms with Gasteiger partial charge in [0.15, 0.2) is 11.5 Å². The van der Waals surface area contributed by atoms with Crippen LogP contribution in [-0.4, -0.2) is 19.2 Å². The second-order valence-corrected chi connectivity index (χ2v) is 3.56. The average Bonchev–Trinajstić information content (AvgIpc) is 2.70.